The highest BCUT2D eigenvalue weighted by molar-refractivity contribution is 6.35. The maximum atomic E-state index is 13.4. The van der Waals surface area contributed by atoms with Crippen molar-refractivity contribution in [1.29, 1.82) is 0 Å². The van der Waals surface area contributed by atoms with Crippen molar-refractivity contribution in [3.63, 3.8) is 0 Å². The number of rotatable bonds is 4. The van der Waals surface area contributed by atoms with Crippen LogP contribution in [0.15, 0.2) is 83.8 Å². The Morgan fingerprint density at radius 3 is 2.49 bits per heavy atom. The van der Waals surface area contributed by atoms with Crippen LogP contribution in [-0.2, 0) is 6.54 Å². The first kappa shape index (κ1) is 21.6. The summed E-state index contributed by atoms with van der Waals surface area (Å²) in [5.41, 5.74) is 5.22. The van der Waals surface area contributed by atoms with E-state index in [1.165, 1.54) is 4.68 Å². The Morgan fingerprint density at radius 2 is 1.74 bits per heavy atom. The molecule has 0 bridgehead atoms. The molecule has 174 valence electrons. The van der Waals surface area contributed by atoms with E-state index in [4.69, 9.17) is 16.7 Å². The van der Waals surface area contributed by atoms with Gasteiger partial charge in [0.25, 0.3) is 0 Å². The zero-order valence-electron chi connectivity index (χ0n) is 19.4. The fraction of sp³-hybridized carbons (Fsp3) is 0.148. The minimum atomic E-state index is -0.246. The standard InChI is InChI=1S/C27H23ClN6O/c1-18-7-3-4-10-23(18)34-27(35)25-24(30-34)21-8-5-9-22(28)26(21)32(29-25)17-19-11-13-20(14-12-19)33-16-6-15-31(33)2/h3-14,16H,15,17H2,1-2H3. The van der Waals surface area contributed by atoms with Crippen LogP contribution in [-0.4, -0.2) is 38.2 Å². The predicted octanol–water partition coefficient (Wildman–Crippen LogP) is 4.88. The van der Waals surface area contributed by atoms with E-state index in [1.54, 1.807) is 0 Å². The van der Waals surface area contributed by atoms with Crippen LogP contribution < -0.4 is 10.6 Å². The van der Waals surface area contributed by atoms with Crippen LogP contribution in [0.1, 0.15) is 11.1 Å². The van der Waals surface area contributed by atoms with Crippen molar-refractivity contribution in [2.45, 2.75) is 13.5 Å². The second-order valence-corrected chi connectivity index (χ2v) is 9.14. The summed E-state index contributed by atoms with van der Waals surface area (Å²) < 4.78 is 3.24. The summed E-state index contributed by atoms with van der Waals surface area (Å²) in [5.74, 6) is 0. The van der Waals surface area contributed by atoms with E-state index in [1.807, 2.05) is 54.1 Å². The van der Waals surface area contributed by atoms with Crippen LogP contribution in [0.25, 0.3) is 28.0 Å². The number of halogens is 1. The molecule has 0 unspecified atom stereocenters. The monoisotopic (exact) mass is 482 g/mol. The molecule has 3 aliphatic heterocycles. The van der Waals surface area contributed by atoms with Crippen molar-refractivity contribution in [2.75, 3.05) is 18.6 Å². The molecule has 0 spiro atoms. The van der Waals surface area contributed by atoms with E-state index in [2.05, 4.69) is 58.7 Å². The second-order valence-electron chi connectivity index (χ2n) is 8.73. The number of hydrazine groups is 1. The maximum absolute atomic E-state index is 13.4. The lowest BCUT2D eigenvalue weighted by Crippen LogP contribution is -2.31. The third-order valence-corrected chi connectivity index (χ3v) is 6.71. The van der Waals surface area contributed by atoms with Crippen LogP contribution in [0.4, 0.5) is 5.69 Å². The molecule has 3 heterocycles. The average molecular weight is 483 g/mol. The summed E-state index contributed by atoms with van der Waals surface area (Å²) in [4.78, 5) is 13.4. The Bertz CT molecular complexity index is 1620. The first-order valence-corrected chi connectivity index (χ1v) is 11.8. The van der Waals surface area contributed by atoms with Crippen molar-refractivity contribution < 1.29 is 0 Å². The molecule has 0 saturated heterocycles. The van der Waals surface area contributed by atoms with Crippen molar-refractivity contribution in [1.82, 2.24) is 24.6 Å². The van der Waals surface area contributed by atoms with Crippen LogP contribution in [0.5, 0.6) is 0 Å². The number of benzene rings is 3. The molecular formula is C27H23ClN6O. The van der Waals surface area contributed by atoms with Gasteiger partial charge in [0.15, 0.2) is 5.69 Å². The normalized spacial score (nSPS) is 14.0. The largest absolute Gasteiger partial charge is 0.301 e. The number of aryl methyl sites for hydroxylation is 1. The van der Waals surface area contributed by atoms with Gasteiger partial charge >= 0.3 is 5.56 Å². The van der Waals surface area contributed by atoms with Crippen LogP contribution in [0.3, 0.4) is 0 Å². The Hall–Kier alpha value is -3.94. The predicted molar refractivity (Wildman–Crippen MR) is 139 cm³/mol. The minimum absolute atomic E-state index is 0.246. The number of nitrogens with zero attached hydrogens (tertiary/aromatic N) is 6. The van der Waals surface area contributed by atoms with Crippen LogP contribution in [0, 0.1) is 6.92 Å². The molecule has 0 aromatic heterocycles. The lowest BCUT2D eigenvalue weighted by molar-refractivity contribution is 0.397. The zero-order chi connectivity index (χ0) is 24.1. The molecule has 6 rings (SSSR count). The summed E-state index contributed by atoms with van der Waals surface area (Å²) in [6.07, 6.45) is 4.18. The molecule has 3 aliphatic rings. The van der Waals surface area contributed by atoms with Crippen LogP contribution >= 0.6 is 11.6 Å². The van der Waals surface area contributed by atoms with Gasteiger partial charge in [0, 0.05) is 25.2 Å². The van der Waals surface area contributed by atoms with Gasteiger partial charge in [0.1, 0.15) is 5.69 Å². The molecular weight excluding hydrogens is 460 g/mol. The molecule has 0 atom stereocenters. The summed E-state index contributed by atoms with van der Waals surface area (Å²) in [7, 11) is 2.05. The van der Waals surface area contributed by atoms with E-state index in [0.717, 1.165) is 39.9 Å². The SMILES string of the molecule is Cc1ccccc1-n1nc2c3cccc(Cl)c3n(Cc3ccc(N4C=CCN4C)cc3)nc-2c1=O. The molecule has 0 aliphatic carbocycles. The Kier molecular flexibility index (Phi) is 5.16. The number of anilines is 1. The number of fused-ring (bicyclic) bond motifs is 3. The van der Waals surface area contributed by atoms with Crippen molar-refractivity contribution >= 4 is 28.2 Å². The number of aromatic nitrogens is 4. The van der Waals surface area contributed by atoms with Gasteiger partial charge in [-0.2, -0.15) is 14.9 Å². The lowest BCUT2D eigenvalue weighted by Gasteiger charge is -2.25. The summed E-state index contributed by atoms with van der Waals surface area (Å²) in [5, 5.41) is 15.0. The molecule has 7 nitrogen and oxygen atoms in total. The average Bonchev–Trinajstić information content (AvgIpc) is 3.43. The molecule has 0 amide bonds. The Balaban J connectivity index is 1.48. The zero-order valence-corrected chi connectivity index (χ0v) is 20.1. The van der Waals surface area contributed by atoms with Gasteiger partial charge in [-0.3, -0.25) is 14.5 Å². The summed E-state index contributed by atoms with van der Waals surface area (Å²) in [6.45, 7) is 3.32. The molecule has 0 fully saturated rings. The Morgan fingerprint density at radius 1 is 0.943 bits per heavy atom. The highest BCUT2D eigenvalue weighted by Crippen LogP contribution is 2.31. The number of hydrogen-bond acceptors (Lipinski definition) is 5. The van der Waals surface area contributed by atoms with Crippen molar-refractivity contribution in [2.24, 2.45) is 0 Å². The summed E-state index contributed by atoms with van der Waals surface area (Å²) >= 11 is 6.65. The van der Waals surface area contributed by atoms with E-state index in [9.17, 15) is 4.79 Å². The highest BCUT2D eigenvalue weighted by atomic mass is 35.5. The minimum Gasteiger partial charge on any atom is -0.282 e. The van der Waals surface area contributed by atoms with Gasteiger partial charge in [0.05, 0.1) is 28.5 Å². The highest BCUT2D eigenvalue weighted by Gasteiger charge is 2.24. The summed E-state index contributed by atoms with van der Waals surface area (Å²) in [6, 6.07) is 21.7. The van der Waals surface area contributed by atoms with Gasteiger partial charge in [-0.15, -0.1) is 0 Å². The topological polar surface area (TPSA) is 59.2 Å². The first-order chi connectivity index (χ1) is 17.0. The number of likely N-dealkylation sites (N-methyl/N-ethyl adjacent to an activating group) is 1. The third kappa shape index (κ3) is 3.60. The fourth-order valence-corrected chi connectivity index (χ4v) is 4.87. The van der Waals surface area contributed by atoms with Gasteiger partial charge in [-0.1, -0.05) is 60.1 Å². The Labute approximate surface area is 207 Å². The third-order valence-electron chi connectivity index (χ3n) is 6.40. The molecule has 0 saturated carbocycles. The molecule has 0 radical (unpaired) electrons. The van der Waals surface area contributed by atoms with Crippen LogP contribution in [0.2, 0.25) is 5.02 Å². The molecule has 0 N–H and O–H groups in total. The van der Waals surface area contributed by atoms with Crippen molar-refractivity contribution in [3.8, 4) is 17.1 Å². The fourth-order valence-electron chi connectivity index (χ4n) is 4.60. The van der Waals surface area contributed by atoms with E-state index in [0.29, 0.717) is 23.0 Å². The lowest BCUT2D eigenvalue weighted by atomic mass is 10.1. The quantitative estimate of drug-likeness (QED) is 0.365. The maximum Gasteiger partial charge on any atom is 0.301 e. The van der Waals surface area contributed by atoms with E-state index >= 15 is 0 Å². The molecule has 35 heavy (non-hydrogen) atoms. The second kappa shape index (κ2) is 8.37. The number of hydrogen-bond donors (Lipinski definition) is 0. The van der Waals surface area contributed by atoms with Gasteiger partial charge in [0.2, 0.25) is 0 Å². The molecule has 8 heteroatoms. The van der Waals surface area contributed by atoms with Gasteiger partial charge in [-0.05, 0) is 42.3 Å². The smallest absolute Gasteiger partial charge is 0.282 e. The van der Waals surface area contributed by atoms with Crippen molar-refractivity contribution in [3.05, 3.63) is 106 Å². The van der Waals surface area contributed by atoms with E-state index in [-0.39, 0.29) is 5.56 Å². The molecule has 3 aromatic carbocycles. The van der Waals surface area contributed by atoms with E-state index < -0.39 is 0 Å². The first-order valence-electron chi connectivity index (χ1n) is 11.4. The van der Waals surface area contributed by atoms with Gasteiger partial charge < -0.3 is 0 Å². The van der Waals surface area contributed by atoms with Gasteiger partial charge in [-0.25, -0.2) is 5.01 Å². The molecule has 3 aromatic rings. The number of para-hydroxylation sites is 2.